The molecule has 0 bridgehead atoms. The second kappa shape index (κ2) is 7.33. The zero-order valence-electron chi connectivity index (χ0n) is 12.9. The van der Waals surface area contributed by atoms with Crippen molar-refractivity contribution in [2.24, 2.45) is 5.92 Å². The lowest BCUT2D eigenvalue weighted by Crippen LogP contribution is -2.51. The number of esters is 1. The lowest BCUT2D eigenvalue weighted by atomic mass is 10.0. The van der Waals surface area contributed by atoms with Crippen LogP contribution in [0, 0.1) is 5.92 Å². The summed E-state index contributed by atoms with van der Waals surface area (Å²) in [6, 6.07) is -0.567. The van der Waals surface area contributed by atoms with Crippen LogP contribution in [0.5, 0.6) is 0 Å². The van der Waals surface area contributed by atoms with Gasteiger partial charge in [0.2, 0.25) is 0 Å². The van der Waals surface area contributed by atoms with Gasteiger partial charge in [-0.1, -0.05) is 13.8 Å². The van der Waals surface area contributed by atoms with Gasteiger partial charge in [-0.05, 0) is 33.1 Å². The Hall–Kier alpha value is -1.30. The number of carbonyl (C=O) groups excluding carboxylic acids is 2. The molecular formula is C13H26N2O4. The Bertz CT molecular complexity index is 310. The van der Waals surface area contributed by atoms with Gasteiger partial charge < -0.3 is 9.47 Å². The van der Waals surface area contributed by atoms with Crippen molar-refractivity contribution in [3.63, 3.8) is 0 Å². The Kier molecular flexibility index (Phi) is 6.83. The number of nitrogens with one attached hydrogen (secondary N) is 1. The predicted molar refractivity (Wildman–Crippen MR) is 72.4 cm³/mol. The summed E-state index contributed by atoms with van der Waals surface area (Å²) < 4.78 is 9.91. The van der Waals surface area contributed by atoms with Crippen LogP contribution in [0.2, 0.25) is 0 Å². The lowest BCUT2D eigenvalue weighted by molar-refractivity contribution is -0.144. The number of nitrogens with zero attached hydrogens (tertiary/aromatic N) is 1. The third-order valence-corrected chi connectivity index (χ3v) is 2.21. The molecule has 1 atom stereocenters. The summed E-state index contributed by atoms with van der Waals surface area (Å²) in [5.74, 6) is -0.104. The highest BCUT2D eigenvalue weighted by Gasteiger charge is 2.26. The Morgan fingerprint density at radius 3 is 2.16 bits per heavy atom. The first-order valence-corrected chi connectivity index (χ1v) is 6.37. The van der Waals surface area contributed by atoms with E-state index in [1.54, 1.807) is 20.8 Å². The molecule has 1 amide bonds. The van der Waals surface area contributed by atoms with E-state index < -0.39 is 23.7 Å². The molecule has 0 rings (SSSR count). The Balaban J connectivity index is 4.57. The van der Waals surface area contributed by atoms with Crippen molar-refractivity contribution in [1.29, 1.82) is 0 Å². The molecule has 0 unspecified atom stereocenters. The van der Waals surface area contributed by atoms with Gasteiger partial charge in [-0.2, -0.15) is 0 Å². The molecule has 1 N–H and O–H groups in total. The highest BCUT2D eigenvalue weighted by atomic mass is 16.6. The number of hydrogen-bond acceptors (Lipinski definition) is 5. The van der Waals surface area contributed by atoms with Crippen LogP contribution in [0.3, 0.4) is 0 Å². The molecule has 6 heteroatoms. The topological polar surface area (TPSA) is 67.9 Å². The predicted octanol–water partition coefficient (Wildman–Crippen LogP) is 1.95. The minimum Gasteiger partial charge on any atom is -0.468 e. The van der Waals surface area contributed by atoms with E-state index >= 15 is 0 Å². The molecule has 0 aromatic carbocycles. The highest BCUT2D eigenvalue weighted by Crippen LogP contribution is 2.10. The molecule has 0 aliphatic rings. The first-order valence-electron chi connectivity index (χ1n) is 6.37. The molecule has 0 aliphatic heterocycles. The molecule has 0 radical (unpaired) electrons. The van der Waals surface area contributed by atoms with Crippen molar-refractivity contribution in [2.45, 2.75) is 52.7 Å². The van der Waals surface area contributed by atoms with Crippen LogP contribution in [0.15, 0.2) is 0 Å². The molecule has 0 fully saturated rings. The Labute approximate surface area is 115 Å². The number of amides is 1. The van der Waals surface area contributed by atoms with Crippen LogP contribution in [0.25, 0.3) is 0 Å². The van der Waals surface area contributed by atoms with Gasteiger partial charge in [0, 0.05) is 7.05 Å². The van der Waals surface area contributed by atoms with E-state index in [9.17, 15) is 9.59 Å². The van der Waals surface area contributed by atoms with Crippen LogP contribution < -0.4 is 5.43 Å². The van der Waals surface area contributed by atoms with Gasteiger partial charge in [-0.15, -0.1) is 0 Å². The summed E-state index contributed by atoms with van der Waals surface area (Å²) in [4.78, 5) is 23.4. The number of methoxy groups -OCH3 is 1. The van der Waals surface area contributed by atoms with Crippen molar-refractivity contribution in [3.05, 3.63) is 0 Å². The lowest BCUT2D eigenvalue weighted by Gasteiger charge is -2.28. The van der Waals surface area contributed by atoms with Crippen molar-refractivity contribution in [3.8, 4) is 0 Å². The standard InChI is InChI=1S/C13H26N2O4/c1-9(2)8-10(11(16)18-7)14-15(6)12(17)19-13(3,4)5/h9-10,14H,8H2,1-7H3/t10-/m0/s1. The maximum Gasteiger partial charge on any atom is 0.424 e. The molecule has 0 aromatic rings. The van der Waals surface area contributed by atoms with E-state index in [0.717, 1.165) is 0 Å². The molecule has 0 saturated heterocycles. The summed E-state index contributed by atoms with van der Waals surface area (Å²) >= 11 is 0. The molecule has 0 saturated carbocycles. The first kappa shape index (κ1) is 17.7. The van der Waals surface area contributed by atoms with E-state index in [2.05, 4.69) is 5.43 Å². The number of ether oxygens (including phenoxy) is 2. The second-order valence-electron chi connectivity index (χ2n) is 5.87. The number of carbonyl (C=O) groups is 2. The number of hydrogen-bond donors (Lipinski definition) is 1. The van der Waals surface area contributed by atoms with Crippen molar-refractivity contribution in [2.75, 3.05) is 14.2 Å². The molecule has 112 valence electrons. The van der Waals surface area contributed by atoms with Gasteiger partial charge in [-0.25, -0.2) is 15.2 Å². The number of hydrazine groups is 1. The van der Waals surface area contributed by atoms with Gasteiger partial charge in [0.05, 0.1) is 7.11 Å². The normalized spacial score (nSPS) is 13.1. The molecular weight excluding hydrogens is 248 g/mol. The summed E-state index contributed by atoms with van der Waals surface area (Å²) in [6.07, 6.45) is 0.0324. The van der Waals surface area contributed by atoms with Crippen LogP contribution in [0.1, 0.15) is 41.0 Å². The average molecular weight is 274 g/mol. The smallest absolute Gasteiger partial charge is 0.424 e. The van der Waals surface area contributed by atoms with Gasteiger partial charge in [0.25, 0.3) is 0 Å². The monoisotopic (exact) mass is 274 g/mol. The molecule has 0 aliphatic carbocycles. The van der Waals surface area contributed by atoms with Crippen molar-refractivity contribution < 1.29 is 19.1 Å². The fourth-order valence-corrected chi connectivity index (χ4v) is 1.43. The van der Waals surface area contributed by atoms with Crippen LogP contribution >= 0.6 is 0 Å². The summed E-state index contributed by atoms with van der Waals surface area (Å²) in [7, 11) is 2.84. The molecule has 19 heavy (non-hydrogen) atoms. The van der Waals surface area contributed by atoms with Crippen LogP contribution in [0.4, 0.5) is 4.79 Å². The van der Waals surface area contributed by atoms with E-state index in [4.69, 9.17) is 9.47 Å². The third kappa shape index (κ3) is 7.66. The SMILES string of the molecule is COC(=O)[C@H](CC(C)C)NN(C)C(=O)OC(C)(C)C. The Morgan fingerprint density at radius 1 is 1.26 bits per heavy atom. The summed E-state index contributed by atoms with van der Waals surface area (Å²) in [5.41, 5.74) is 2.23. The van der Waals surface area contributed by atoms with Crippen LogP contribution in [-0.4, -0.2) is 42.9 Å². The maximum atomic E-state index is 11.8. The largest absolute Gasteiger partial charge is 0.468 e. The fourth-order valence-electron chi connectivity index (χ4n) is 1.43. The minimum absolute atomic E-state index is 0.295. The molecule has 0 aromatic heterocycles. The quantitative estimate of drug-likeness (QED) is 0.613. The molecule has 6 nitrogen and oxygen atoms in total. The molecule has 0 heterocycles. The maximum absolute atomic E-state index is 11.8. The zero-order valence-corrected chi connectivity index (χ0v) is 12.9. The fraction of sp³-hybridized carbons (Fsp3) is 0.846. The average Bonchev–Trinajstić information content (AvgIpc) is 2.23. The second-order valence-corrected chi connectivity index (χ2v) is 5.87. The van der Waals surface area contributed by atoms with Crippen molar-refractivity contribution in [1.82, 2.24) is 10.4 Å². The van der Waals surface area contributed by atoms with Gasteiger partial charge >= 0.3 is 12.1 Å². The van der Waals surface area contributed by atoms with E-state index in [1.807, 2.05) is 13.8 Å². The van der Waals surface area contributed by atoms with E-state index in [0.29, 0.717) is 12.3 Å². The first-order chi connectivity index (χ1) is 8.56. The van der Waals surface area contributed by atoms with Crippen molar-refractivity contribution >= 4 is 12.1 Å². The zero-order chi connectivity index (χ0) is 15.2. The summed E-state index contributed by atoms with van der Waals surface area (Å²) in [6.45, 7) is 9.33. The number of rotatable bonds is 5. The minimum atomic E-state index is -0.578. The van der Waals surface area contributed by atoms with E-state index in [-0.39, 0.29) is 0 Å². The molecule has 0 spiro atoms. The van der Waals surface area contributed by atoms with Crippen LogP contribution in [-0.2, 0) is 14.3 Å². The van der Waals surface area contributed by atoms with Gasteiger partial charge in [-0.3, -0.25) is 4.79 Å². The highest BCUT2D eigenvalue weighted by molar-refractivity contribution is 5.76. The third-order valence-electron chi connectivity index (χ3n) is 2.21. The van der Waals surface area contributed by atoms with Gasteiger partial charge in [0.1, 0.15) is 11.6 Å². The Morgan fingerprint density at radius 2 is 1.79 bits per heavy atom. The van der Waals surface area contributed by atoms with E-state index in [1.165, 1.54) is 19.2 Å². The summed E-state index contributed by atoms with van der Waals surface area (Å²) in [5, 5.41) is 1.18. The van der Waals surface area contributed by atoms with Gasteiger partial charge in [0.15, 0.2) is 0 Å².